The summed E-state index contributed by atoms with van der Waals surface area (Å²) in [7, 11) is -3.85. The van der Waals surface area contributed by atoms with Crippen molar-refractivity contribution >= 4 is 39.2 Å². The highest BCUT2D eigenvalue weighted by molar-refractivity contribution is 7.92. The van der Waals surface area contributed by atoms with E-state index >= 15 is 0 Å². The lowest BCUT2D eigenvalue weighted by Crippen LogP contribution is -2.30. The molecule has 1 amide bonds. The average Bonchev–Trinajstić information content (AvgIpc) is 2.72. The minimum absolute atomic E-state index is 0.00867. The minimum Gasteiger partial charge on any atom is -0.481 e. The van der Waals surface area contributed by atoms with Crippen LogP contribution in [0.2, 0.25) is 5.02 Å². The Balaban J connectivity index is 1.64. The number of aromatic nitrogens is 2. The van der Waals surface area contributed by atoms with Gasteiger partial charge in [0.2, 0.25) is 5.95 Å². The number of rotatable bonds is 7. The smallest absolute Gasteiger partial charge is 0.265 e. The molecule has 1 heterocycles. The topological polar surface area (TPSA) is 110 Å². The molecular weight excluding hydrogens is 440 g/mol. The minimum atomic E-state index is -3.85. The van der Waals surface area contributed by atoms with Gasteiger partial charge in [0.05, 0.1) is 4.90 Å². The number of hydrogen-bond acceptors (Lipinski definition) is 6. The predicted octanol–water partition coefficient (Wildman–Crippen LogP) is 3.95. The third-order valence-electron chi connectivity index (χ3n) is 4.32. The summed E-state index contributed by atoms with van der Waals surface area (Å²) >= 11 is 6.16. The van der Waals surface area contributed by atoms with Crippen molar-refractivity contribution < 1.29 is 17.9 Å². The lowest BCUT2D eigenvalue weighted by molar-refractivity contribution is -0.122. The standard InChI is InChI=1S/C21H21ClN4O4S/c1-13-11-17(12-14(2)19(13)22)30-15(3)20(27)25-16-5-7-18(8-6-16)31(28,29)26-21-23-9-4-10-24-21/h4-12,15H,1-3H3,(H,25,27)(H,23,24,26)/t15-/m1/s1. The van der Waals surface area contributed by atoms with Crippen molar-refractivity contribution in [2.45, 2.75) is 31.8 Å². The first kappa shape index (κ1) is 22.5. The van der Waals surface area contributed by atoms with Crippen LogP contribution in [-0.4, -0.2) is 30.4 Å². The number of halogens is 1. The zero-order valence-electron chi connectivity index (χ0n) is 17.1. The fraction of sp³-hybridized carbons (Fsp3) is 0.190. The SMILES string of the molecule is Cc1cc(O[C@H](C)C(=O)Nc2ccc(S(=O)(=O)Nc3ncccn3)cc2)cc(C)c1Cl. The Labute approximate surface area is 185 Å². The molecule has 31 heavy (non-hydrogen) atoms. The lowest BCUT2D eigenvalue weighted by Gasteiger charge is -2.16. The summed E-state index contributed by atoms with van der Waals surface area (Å²) in [5.41, 5.74) is 2.14. The largest absolute Gasteiger partial charge is 0.481 e. The number of hydrogen-bond donors (Lipinski definition) is 2. The van der Waals surface area contributed by atoms with Crippen molar-refractivity contribution in [1.29, 1.82) is 0 Å². The monoisotopic (exact) mass is 460 g/mol. The van der Waals surface area contributed by atoms with Crippen molar-refractivity contribution in [2.24, 2.45) is 0 Å². The number of benzene rings is 2. The Kier molecular flexibility index (Phi) is 6.77. The molecule has 0 aliphatic carbocycles. The van der Waals surface area contributed by atoms with E-state index in [0.29, 0.717) is 16.5 Å². The van der Waals surface area contributed by atoms with Gasteiger partial charge in [0.1, 0.15) is 5.75 Å². The van der Waals surface area contributed by atoms with E-state index in [-0.39, 0.29) is 16.8 Å². The van der Waals surface area contributed by atoms with Gasteiger partial charge in [-0.25, -0.2) is 23.1 Å². The molecule has 0 spiro atoms. The zero-order valence-corrected chi connectivity index (χ0v) is 18.7. The molecule has 3 aromatic rings. The summed E-state index contributed by atoms with van der Waals surface area (Å²) in [6, 6.07) is 10.8. The van der Waals surface area contributed by atoms with Crippen molar-refractivity contribution in [3.05, 3.63) is 71.0 Å². The van der Waals surface area contributed by atoms with Gasteiger partial charge in [0, 0.05) is 23.1 Å². The van der Waals surface area contributed by atoms with Gasteiger partial charge in [-0.1, -0.05) is 11.6 Å². The fourth-order valence-electron chi connectivity index (χ4n) is 2.72. The first-order valence-corrected chi connectivity index (χ1v) is 11.2. The third-order valence-corrected chi connectivity index (χ3v) is 6.26. The summed E-state index contributed by atoms with van der Waals surface area (Å²) in [4.78, 5) is 20.1. The molecule has 0 fully saturated rings. The van der Waals surface area contributed by atoms with E-state index in [2.05, 4.69) is 20.0 Å². The molecule has 1 atom stereocenters. The first-order valence-electron chi connectivity index (χ1n) is 9.30. The van der Waals surface area contributed by atoms with Crippen LogP contribution in [0.25, 0.3) is 0 Å². The Morgan fingerprint density at radius 2 is 1.65 bits per heavy atom. The number of nitrogens with zero attached hydrogens (tertiary/aromatic N) is 2. The van der Waals surface area contributed by atoms with Crippen LogP contribution in [0.1, 0.15) is 18.1 Å². The van der Waals surface area contributed by atoms with Gasteiger partial charge in [-0.05, 0) is 74.4 Å². The van der Waals surface area contributed by atoms with Crippen LogP contribution < -0.4 is 14.8 Å². The molecule has 0 saturated heterocycles. The van der Waals surface area contributed by atoms with Gasteiger partial charge >= 0.3 is 0 Å². The molecule has 2 N–H and O–H groups in total. The maximum Gasteiger partial charge on any atom is 0.265 e. The quantitative estimate of drug-likeness (QED) is 0.552. The van der Waals surface area contributed by atoms with Crippen LogP contribution in [0.4, 0.5) is 11.6 Å². The number of carbonyl (C=O) groups is 1. The average molecular weight is 461 g/mol. The summed E-state index contributed by atoms with van der Waals surface area (Å²) < 4.78 is 32.8. The maximum atomic E-state index is 12.5. The highest BCUT2D eigenvalue weighted by atomic mass is 35.5. The van der Waals surface area contributed by atoms with E-state index in [1.807, 2.05) is 13.8 Å². The first-order chi connectivity index (χ1) is 14.7. The van der Waals surface area contributed by atoms with Gasteiger partial charge in [0.15, 0.2) is 6.10 Å². The van der Waals surface area contributed by atoms with Gasteiger partial charge in [-0.15, -0.1) is 0 Å². The number of aryl methyl sites for hydroxylation is 2. The molecule has 1 aromatic heterocycles. The molecule has 0 saturated carbocycles. The van der Waals surface area contributed by atoms with E-state index in [4.69, 9.17) is 16.3 Å². The van der Waals surface area contributed by atoms with Gasteiger partial charge in [-0.3, -0.25) is 4.79 Å². The van der Waals surface area contributed by atoms with E-state index < -0.39 is 16.1 Å². The second-order valence-electron chi connectivity index (χ2n) is 6.82. The molecule has 2 aromatic carbocycles. The van der Waals surface area contributed by atoms with E-state index in [0.717, 1.165) is 11.1 Å². The second kappa shape index (κ2) is 9.32. The van der Waals surface area contributed by atoms with Crippen LogP contribution in [0.15, 0.2) is 59.8 Å². The Bertz CT molecular complexity index is 1160. The molecule has 0 aliphatic heterocycles. The Morgan fingerprint density at radius 3 is 2.23 bits per heavy atom. The molecule has 0 radical (unpaired) electrons. The number of carbonyl (C=O) groups excluding carboxylic acids is 1. The van der Waals surface area contributed by atoms with Crippen molar-refractivity contribution in [1.82, 2.24) is 9.97 Å². The van der Waals surface area contributed by atoms with Crippen molar-refractivity contribution in [3.8, 4) is 5.75 Å². The zero-order chi connectivity index (χ0) is 22.6. The van der Waals surface area contributed by atoms with Gasteiger partial charge in [0.25, 0.3) is 15.9 Å². The molecule has 0 bridgehead atoms. The number of amides is 1. The van der Waals surface area contributed by atoms with Crippen LogP contribution in [0.5, 0.6) is 5.75 Å². The third kappa shape index (κ3) is 5.71. The summed E-state index contributed by atoms with van der Waals surface area (Å²) in [5.74, 6) is 0.132. The molecule has 0 aliphatic rings. The molecule has 3 rings (SSSR count). The van der Waals surface area contributed by atoms with Crippen LogP contribution >= 0.6 is 11.6 Å². The van der Waals surface area contributed by atoms with Crippen molar-refractivity contribution in [2.75, 3.05) is 10.0 Å². The summed E-state index contributed by atoms with van der Waals surface area (Å²) in [6.45, 7) is 5.35. The van der Waals surface area contributed by atoms with Crippen LogP contribution in [-0.2, 0) is 14.8 Å². The van der Waals surface area contributed by atoms with Gasteiger partial charge in [-0.2, -0.15) is 0 Å². The van der Waals surface area contributed by atoms with Gasteiger partial charge < -0.3 is 10.1 Å². The van der Waals surface area contributed by atoms with E-state index in [1.54, 1.807) is 25.1 Å². The molecule has 10 heteroatoms. The number of anilines is 2. The summed E-state index contributed by atoms with van der Waals surface area (Å²) in [5, 5.41) is 3.36. The predicted molar refractivity (Wildman–Crippen MR) is 119 cm³/mol. The van der Waals surface area contributed by atoms with E-state index in [9.17, 15) is 13.2 Å². The lowest BCUT2D eigenvalue weighted by atomic mass is 10.1. The second-order valence-corrected chi connectivity index (χ2v) is 8.88. The highest BCUT2D eigenvalue weighted by Crippen LogP contribution is 2.26. The molecule has 162 valence electrons. The number of sulfonamides is 1. The van der Waals surface area contributed by atoms with E-state index in [1.165, 1.54) is 36.7 Å². The normalized spacial score (nSPS) is 12.1. The number of ether oxygens (including phenoxy) is 1. The molecule has 0 unspecified atom stereocenters. The van der Waals surface area contributed by atoms with Crippen LogP contribution in [0.3, 0.4) is 0 Å². The summed E-state index contributed by atoms with van der Waals surface area (Å²) in [6.07, 6.45) is 2.08. The maximum absolute atomic E-state index is 12.5. The Morgan fingerprint density at radius 1 is 1.06 bits per heavy atom. The van der Waals surface area contributed by atoms with Crippen molar-refractivity contribution in [3.63, 3.8) is 0 Å². The fourth-order valence-corrected chi connectivity index (χ4v) is 3.79. The Hall–Kier alpha value is -3.17. The number of nitrogens with one attached hydrogen (secondary N) is 2. The molecule has 8 nitrogen and oxygen atoms in total. The molecular formula is C21H21ClN4O4S. The van der Waals surface area contributed by atoms with Crippen LogP contribution in [0, 0.1) is 13.8 Å². The highest BCUT2D eigenvalue weighted by Gasteiger charge is 2.18.